The second-order valence-corrected chi connectivity index (χ2v) is 6.73. The van der Waals surface area contributed by atoms with Crippen LogP contribution in [0.4, 0.5) is 5.69 Å². The zero-order chi connectivity index (χ0) is 22.2. The second-order valence-electron chi connectivity index (χ2n) is 6.32. The number of nitrogens with zero attached hydrogens (tertiary/aromatic N) is 1. The van der Waals surface area contributed by atoms with Crippen molar-refractivity contribution in [3.05, 3.63) is 88.4 Å². The number of benzene rings is 3. The first kappa shape index (κ1) is 21.9. The van der Waals surface area contributed by atoms with Crippen molar-refractivity contribution >= 4 is 35.3 Å². The summed E-state index contributed by atoms with van der Waals surface area (Å²) in [5, 5.41) is 7.08. The van der Waals surface area contributed by atoms with Crippen LogP contribution >= 0.6 is 11.6 Å². The molecule has 8 heteroatoms. The van der Waals surface area contributed by atoms with E-state index in [2.05, 4.69) is 15.8 Å². The number of carbonyl (C=O) groups is 2. The Hall–Kier alpha value is -3.84. The fourth-order valence-corrected chi connectivity index (χ4v) is 2.92. The molecule has 0 aliphatic rings. The van der Waals surface area contributed by atoms with Gasteiger partial charge in [0.15, 0.2) is 0 Å². The van der Waals surface area contributed by atoms with Gasteiger partial charge in [0.25, 0.3) is 11.8 Å². The molecule has 0 aliphatic carbocycles. The molecule has 0 radical (unpaired) electrons. The van der Waals surface area contributed by atoms with Crippen LogP contribution in [0.15, 0.2) is 71.8 Å². The molecule has 0 aromatic heterocycles. The third kappa shape index (κ3) is 5.61. The van der Waals surface area contributed by atoms with Crippen LogP contribution < -0.4 is 20.2 Å². The summed E-state index contributed by atoms with van der Waals surface area (Å²) in [5.74, 6) is 0.490. The molecule has 0 aliphatic heterocycles. The van der Waals surface area contributed by atoms with Crippen LogP contribution in [0.25, 0.3) is 0 Å². The lowest BCUT2D eigenvalue weighted by Crippen LogP contribution is -2.18. The number of halogens is 1. The van der Waals surface area contributed by atoms with Gasteiger partial charge >= 0.3 is 0 Å². The van der Waals surface area contributed by atoms with E-state index in [1.54, 1.807) is 73.8 Å². The summed E-state index contributed by atoms with van der Waals surface area (Å²) >= 11 is 6.04. The number of methoxy groups -OCH3 is 2. The summed E-state index contributed by atoms with van der Waals surface area (Å²) in [7, 11) is 3.10. The van der Waals surface area contributed by atoms with Crippen LogP contribution in [-0.2, 0) is 0 Å². The van der Waals surface area contributed by atoms with E-state index in [1.807, 2.05) is 0 Å². The zero-order valence-corrected chi connectivity index (χ0v) is 17.6. The van der Waals surface area contributed by atoms with Crippen molar-refractivity contribution < 1.29 is 19.1 Å². The molecular formula is C23H20ClN3O4. The van der Waals surface area contributed by atoms with Gasteiger partial charge in [-0.1, -0.05) is 23.7 Å². The average Bonchev–Trinajstić information content (AvgIpc) is 2.79. The highest BCUT2D eigenvalue weighted by Gasteiger charge is 2.11. The lowest BCUT2D eigenvalue weighted by atomic mass is 10.1. The second kappa shape index (κ2) is 10.3. The molecule has 0 bridgehead atoms. The third-order valence-corrected chi connectivity index (χ3v) is 4.66. The molecule has 3 rings (SSSR count). The Labute approximate surface area is 184 Å². The van der Waals surface area contributed by atoms with Crippen molar-refractivity contribution in [1.82, 2.24) is 5.43 Å². The maximum Gasteiger partial charge on any atom is 0.271 e. The SMILES string of the molecule is COc1ccc(C=NNC(=O)c2ccc(NC(=O)c3ccccc3Cl)cc2)c(OC)c1. The first-order valence-electron chi connectivity index (χ1n) is 9.23. The fourth-order valence-electron chi connectivity index (χ4n) is 2.70. The summed E-state index contributed by atoms with van der Waals surface area (Å²) in [6.07, 6.45) is 1.48. The maximum atomic E-state index is 12.3. The molecular weight excluding hydrogens is 418 g/mol. The molecule has 0 saturated heterocycles. The number of hydrazone groups is 1. The standard InChI is InChI=1S/C23H20ClN3O4/c1-30-18-12-9-16(21(13-18)31-2)14-25-27-22(28)15-7-10-17(11-8-15)26-23(29)19-5-3-4-6-20(19)24/h3-14H,1-2H3,(H,26,29)(H,27,28). The van der Waals surface area contributed by atoms with Crippen molar-refractivity contribution in [2.45, 2.75) is 0 Å². The molecule has 0 heterocycles. The van der Waals surface area contributed by atoms with E-state index in [9.17, 15) is 9.59 Å². The van der Waals surface area contributed by atoms with E-state index in [-0.39, 0.29) is 5.91 Å². The van der Waals surface area contributed by atoms with Gasteiger partial charge in [-0.2, -0.15) is 5.10 Å². The third-order valence-electron chi connectivity index (χ3n) is 4.33. The number of nitrogens with one attached hydrogen (secondary N) is 2. The Morgan fingerprint density at radius 3 is 2.35 bits per heavy atom. The monoisotopic (exact) mass is 437 g/mol. The minimum absolute atomic E-state index is 0.333. The minimum atomic E-state index is -0.396. The van der Waals surface area contributed by atoms with Gasteiger partial charge in [0.1, 0.15) is 11.5 Å². The van der Waals surface area contributed by atoms with Crippen molar-refractivity contribution in [3.63, 3.8) is 0 Å². The van der Waals surface area contributed by atoms with E-state index in [0.717, 1.165) is 0 Å². The van der Waals surface area contributed by atoms with Crippen LogP contribution in [0.5, 0.6) is 11.5 Å². The number of hydrogen-bond donors (Lipinski definition) is 2. The number of carbonyl (C=O) groups excluding carboxylic acids is 2. The zero-order valence-electron chi connectivity index (χ0n) is 16.9. The molecule has 0 unspecified atom stereocenters. The normalized spacial score (nSPS) is 10.5. The van der Waals surface area contributed by atoms with Crippen molar-refractivity contribution in [2.24, 2.45) is 5.10 Å². The molecule has 0 atom stereocenters. The van der Waals surface area contributed by atoms with Gasteiger partial charge in [-0.15, -0.1) is 0 Å². The summed E-state index contributed by atoms with van der Waals surface area (Å²) in [4.78, 5) is 24.6. The summed E-state index contributed by atoms with van der Waals surface area (Å²) in [6.45, 7) is 0. The molecule has 2 amide bonds. The molecule has 2 N–H and O–H groups in total. The summed E-state index contributed by atoms with van der Waals surface area (Å²) in [5.41, 5.74) is 4.43. The number of rotatable bonds is 7. The van der Waals surface area contributed by atoms with Crippen molar-refractivity contribution in [1.29, 1.82) is 0 Å². The number of hydrogen-bond acceptors (Lipinski definition) is 5. The molecule has 0 saturated carbocycles. The van der Waals surface area contributed by atoms with Crippen LogP contribution in [0.1, 0.15) is 26.3 Å². The number of amides is 2. The quantitative estimate of drug-likeness (QED) is 0.424. The minimum Gasteiger partial charge on any atom is -0.497 e. The van der Waals surface area contributed by atoms with Gasteiger partial charge in [-0.3, -0.25) is 9.59 Å². The highest BCUT2D eigenvalue weighted by atomic mass is 35.5. The Bertz CT molecular complexity index is 1110. The Morgan fingerprint density at radius 1 is 0.935 bits per heavy atom. The Kier molecular flexibility index (Phi) is 7.24. The lowest BCUT2D eigenvalue weighted by molar-refractivity contribution is 0.0954. The van der Waals surface area contributed by atoms with Gasteiger partial charge in [0.2, 0.25) is 0 Å². The van der Waals surface area contributed by atoms with Gasteiger partial charge in [-0.05, 0) is 48.5 Å². The van der Waals surface area contributed by atoms with E-state index in [1.165, 1.54) is 13.3 Å². The molecule has 7 nitrogen and oxygen atoms in total. The summed E-state index contributed by atoms with van der Waals surface area (Å²) < 4.78 is 10.4. The lowest BCUT2D eigenvalue weighted by Gasteiger charge is -2.08. The van der Waals surface area contributed by atoms with Crippen molar-refractivity contribution in [3.8, 4) is 11.5 Å². The van der Waals surface area contributed by atoms with E-state index in [4.69, 9.17) is 21.1 Å². The molecule has 3 aromatic carbocycles. The van der Waals surface area contributed by atoms with E-state index < -0.39 is 5.91 Å². The number of anilines is 1. The summed E-state index contributed by atoms with van der Waals surface area (Å²) in [6, 6.07) is 18.4. The van der Waals surface area contributed by atoms with Gasteiger partial charge in [0, 0.05) is 22.9 Å². The molecule has 158 valence electrons. The molecule has 0 spiro atoms. The maximum absolute atomic E-state index is 12.3. The Balaban J connectivity index is 1.61. The van der Waals surface area contributed by atoms with Crippen LogP contribution in [0, 0.1) is 0 Å². The number of ether oxygens (including phenoxy) is 2. The fraction of sp³-hybridized carbons (Fsp3) is 0.0870. The van der Waals surface area contributed by atoms with Gasteiger partial charge in [0.05, 0.1) is 31.0 Å². The highest BCUT2D eigenvalue weighted by Crippen LogP contribution is 2.23. The molecule has 3 aromatic rings. The first-order chi connectivity index (χ1) is 15.0. The van der Waals surface area contributed by atoms with Crippen LogP contribution in [0.2, 0.25) is 5.02 Å². The van der Waals surface area contributed by atoms with E-state index in [0.29, 0.717) is 38.9 Å². The first-order valence-corrected chi connectivity index (χ1v) is 9.61. The average molecular weight is 438 g/mol. The smallest absolute Gasteiger partial charge is 0.271 e. The van der Waals surface area contributed by atoms with E-state index >= 15 is 0 Å². The van der Waals surface area contributed by atoms with Gasteiger partial charge < -0.3 is 14.8 Å². The molecule has 0 fully saturated rings. The Morgan fingerprint density at radius 2 is 1.68 bits per heavy atom. The van der Waals surface area contributed by atoms with Crippen molar-refractivity contribution in [2.75, 3.05) is 19.5 Å². The topological polar surface area (TPSA) is 89.0 Å². The largest absolute Gasteiger partial charge is 0.497 e. The predicted octanol–water partition coefficient (Wildman–Crippen LogP) is 4.37. The molecule has 31 heavy (non-hydrogen) atoms. The predicted molar refractivity (Wildman–Crippen MR) is 120 cm³/mol. The van der Waals surface area contributed by atoms with Crippen LogP contribution in [0.3, 0.4) is 0 Å². The van der Waals surface area contributed by atoms with Crippen LogP contribution in [-0.4, -0.2) is 32.2 Å². The highest BCUT2D eigenvalue weighted by molar-refractivity contribution is 6.34. The van der Waals surface area contributed by atoms with Gasteiger partial charge in [-0.25, -0.2) is 5.43 Å².